The third kappa shape index (κ3) is 28.6. The lowest BCUT2D eigenvalue weighted by Gasteiger charge is -2.30. The van der Waals surface area contributed by atoms with Gasteiger partial charge in [-0.25, -0.2) is 19.2 Å². The molecule has 2 atom stereocenters. The van der Waals surface area contributed by atoms with Crippen LogP contribution >= 0.6 is 0 Å². The molecule has 0 bridgehead atoms. The minimum absolute atomic E-state index is 0.0963. The van der Waals surface area contributed by atoms with Crippen LogP contribution in [0.3, 0.4) is 0 Å². The highest BCUT2D eigenvalue weighted by atomic mass is 16.6. The van der Waals surface area contributed by atoms with Crippen LogP contribution in [0.15, 0.2) is 25.7 Å². The number of rotatable bonds is 31. The summed E-state index contributed by atoms with van der Waals surface area (Å²) in [7, 11) is 0. The summed E-state index contributed by atoms with van der Waals surface area (Å²) in [6.07, 6.45) is 7.79. The molecule has 0 aromatic rings. The van der Waals surface area contributed by atoms with E-state index in [2.05, 4.69) is 76.0 Å². The monoisotopic (exact) mass is 771 g/mol. The summed E-state index contributed by atoms with van der Waals surface area (Å²) < 4.78 is 31.5. The molecule has 0 aliphatic rings. The molecule has 14 nitrogen and oxygen atoms in total. The molecule has 0 aliphatic heterocycles. The lowest BCUT2D eigenvalue weighted by Crippen LogP contribution is -2.40. The van der Waals surface area contributed by atoms with Gasteiger partial charge in [-0.2, -0.15) is 0 Å². The number of carbonyl (C=O) groups is 4. The predicted octanol–water partition coefficient (Wildman–Crippen LogP) is 8.07. The van der Waals surface area contributed by atoms with E-state index in [0.29, 0.717) is 70.9 Å². The Labute approximate surface area is 325 Å². The number of hydrogen-bond donors (Lipinski definition) is 4. The van der Waals surface area contributed by atoms with Crippen LogP contribution in [-0.2, 0) is 28.4 Å². The van der Waals surface area contributed by atoms with Gasteiger partial charge in [-0.05, 0) is 80.5 Å². The second-order valence-electron chi connectivity index (χ2n) is 16.2. The molecular weight excluding hydrogens is 696 g/mol. The fraction of sp³-hybridized carbons (Fsp3) is 0.800. The van der Waals surface area contributed by atoms with Crippen molar-refractivity contribution in [2.24, 2.45) is 28.1 Å². The molecule has 0 spiro atoms. The third-order valence-electron chi connectivity index (χ3n) is 9.01. The third-order valence-corrected chi connectivity index (χ3v) is 9.01. The minimum Gasteiger partial charge on any atom is -0.502 e. The smallest absolute Gasteiger partial charge is 0.407 e. The Bertz CT molecular complexity index is 1010. The maximum absolute atomic E-state index is 12.6. The van der Waals surface area contributed by atoms with E-state index in [4.69, 9.17) is 28.4 Å². The van der Waals surface area contributed by atoms with Crippen LogP contribution in [0.5, 0.6) is 0 Å². The molecule has 0 rings (SSSR count). The molecule has 4 amide bonds. The lowest BCUT2D eigenvalue weighted by atomic mass is 9.82. The van der Waals surface area contributed by atoms with Crippen molar-refractivity contribution in [3.05, 3.63) is 25.7 Å². The van der Waals surface area contributed by atoms with E-state index in [-0.39, 0.29) is 24.0 Å². The number of amides is 4. The van der Waals surface area contributed by atoms with E-state index in [1.807, 2.05) is 13.8 Å². The standard InChI is InChI=1S/C40H74N4O10/c1-11-40(10,30-53-36(47)43-28-38(6,7)26-32(4)18-20-41-34(45)51-24-16-14-22-49-12-2)31-54-37(48)44-29-39(8,9)27-33(5)19-21-42-35(46)52-25-17-15-23-50-13-3/h12-13,32-33H,2-3,11,14-31H2,1,4-10H3,(H,41,45)(H,42,46)(H,43,47)(H,44,48). The van der Waals surface area contributed by atoms with Gasteiger partial charge in [-0.3, -0.25) is 0 Å². The topological polar surface area (TPSA) is 172 Å². The number of carbonyl (C=O) groups excluding carboxylic acids is 4. The minimum atomic E-state index is -0.551. The average Bonchev–Trinajstić information content (AvgIpc) is 3.10. The van der Waals surface area contributed by atoms with Crippen LogP contribution in [0.25, 0.3) is 0 Å². The predicted molar refractivity (Wildman–Crippen MR) is 211 cm³/mol. The summed E-state index contributed by atoms with van der Waals surface area (Å²) in [5.41, 5.74) is -0.940. The first-order valence-corrected chi connectivity index (χ1v) is 19.5. The highest BCUT2D eigenvalue weighted by Crippen LogP contribution is 2.28. The van der Waals surface area contributed by atoms with Gasteiger partial charge < -0.3 is 49.7 Å². The molecule has 54 heavy (non-hydrogen) atoms. The van der Waals surface area contributed by atoms with Crippen molar-refractivity contribution in [3.8, 4) is 0 Å². The Morgan fingerprint density at radius 1 is 0.574 bits per heavy atom. The SMILES string of the molecule is C=COCCCCOC(=O)NCCC(C)CC(C)(C)CNC(=O)OCC(C)(CC)COC(=O)NCC(C)(C)CC(C)CCNC(=O)OCCCCOC=C. The zero-order valence-corrected chi connectivity index (χ0v) is 34.7. The molecule has 0 aliphatic carbocycles. The largest absolute Gasteiger partial charge is 0.502 e. The van der Waals surface area contributed by atoms with Gasteiger partial charge in [0.15, 0.2) is 0 Å². The lowest BCUT2D eigenvalue weighted by molar-refractivity contribution is 0.0324. The molecule has 0 heterocycles. The molecule has 0 saturated heterocycles. The van der Waals surface area contributed by atoms with Gasteiger partial charge in [0.1, 0.15) is 13.2 Å². The fourth-order valence-electron chi connectivity index (χ4n) is 5.70. The van der Waals surface area contributed by atoms with Gasteiger partial charge in [0.05, 0.1) is 39.0 Å². The van der Waals surface area contributed by atoms with Gasteiger partial charge in [0.25, 0.3) is 0 Å². The Hall–Kier alpha value is -3.84. The molecule has 0 fully saturated rings. The van der Waals surface area contributed by atoms with Crippen molar-refractivity contribution in [3.63, 3.8) is 0 Å². The molecule has 2 unspecified atom stereocenters. The van der Waals surface area contributed by atoms with Crippen LogP contribution in [-0.4, -0.2) is 90.2 Å². The molecule has 0 aromatic heterocycles. The molecule has 314 valence electrons. The van der Waals surface area contributed by atoms with Gasteiger partial charge in [-0.15, -0.1) is 0 Å². The normalized spacial score (nSPS) is 13.6. The second-order valence-corrected chi connectivity index (χ2v) is 16.2. The van der Waals surface area contributed by atoms with Gasteiger partial charge in [-0.1, -0.05) is 68.5 Å². The number of nitrogens with one attached hydrogen (secondary N) is 4. The van der Waals surface area contributed by atoms with E-state index < -0.39 is 29.8 Å². The van der Waals surface area contributed by atoms with Crippen molar-refractivity contribution in [2.45, 2.75) is 113 Å². The first-order chi connectivity index (χ1) is 25.5. The average molecular weight is 771 g/mol. The molecule has 0 saturated carbocycles. The van der Waals surface area contributed by atoms with Crippen LogP contribution < -0.4 is 21.3 Å². The first kappa shape index (κ1) is 50.2. The quantitative estimate of drug-likeness (QED) is 0.0307. The molecule has 0 aromatic carbocycles. The van der Waals surface area contributed by atoms with Gasteiger partial charge in [0.2, 0.25) is 0 Å². The zero-order valence-electron chi connectivity index (χ0n) is 34.7. The number of alkyl carbamates (subject to hydrolysis) is 4. The van der Waals surface area contributed by atoms with Crippen molar-refractivity contribution in [1.29, 1.82) is 0 Å². The van der Waals surface area contributed by atoms with Crippen LogP contribution in [0.2, 0.25) is 0 Å². The maximum Gasteiger partial charge on any atom is 0.407 e. The Morgan fingerprint density at radius 3 is 1.28 bits per heavy atom. The summed E-state index contributed by atoms with van der Waals surface area (Å²) >= 11 is 0. The van der Waals surface area contributed by atoms with Crippen molar-refractivity contribution >= 4 is 24.4 Å². The number of ether oxygens (including phenoxy) is 6. The maximum atomic E-state index is 12.6. The number of unbranched alkanes of at least 4 members (excludes halogenated alkanes) is 2. The number of hydrogen-bond acceptors (Lipinski definition) is 10. The van der Waals surface area contributed by atoms with Crippen LogP contribution in [0.1, 0.15) is 113 Å². The fourth-order valence-corrected chi connectivity index (χ4v) is 5.70. The van der Waals surface area contributed by atoms with Gasteiger partial charge in [0, 0.05) is 31.6 Å². The molecule has 4 N–H and O–H groups in total. The van der Waals surface area contributed by atoms with E-state index in [9.17, 15) is 19.2 Å². The summed E-state index contributed by atoms with van der Waals surface area (Å²) in [6.45, 7) is 27.2. The molecule has 0 radical (unpaired) electrons. The Balaban J connectivity index is 4.34. The van der Waals surface area contributed by atoms with Crippen molar-refractivity contribution < 1.29 is 47.6 Å². The second kappa shape index (κ2) is 28.6. The Kier molecular flexibility index (Phi) is 26.5. The highest BCUT2D eigenvalue weighted by Gasteiger charge is 2.29. The highest BCUT2D eigenvalue weighted by molar-refractivity contribution is 5.68. The first-order valence-electron chi connectivity index (χ1n) is 19.5. The summed E-state index contributed by atoms with van der Waals surface area (Å²) in [5, 5.41) is 11.3. The van der Waals surface area contributed by atoms with E-state index >= 15 is 0 Å². The van der Waals surface area contributed by atoms with Crippen molar-refractivity contribution in [2.75, 3.05) is 65.8 Å². The van der Waals surface area contributed by atoms with Crippen molar-refractivity contribution in [1.82, 2.24) is 21.3 Å². The molecular formula is C40H74N4O10. The van der Waals surface area contributed by atoms with Gasteiger partial charge >= 0.3 is 24.4 Å². The Morgan fingerprint density at radius 2 is 0.926 bits per heavy atom. The van der Waals surface area contributed by atoms with E-state index in [1.54, 1.807) is 0 Å². The summed E-state index contributed by atoms with van der Waals surface area (Å²) in [4.78, 5) is 49.0. The molecule has 14 heteroatoms. The van der Waals surface area contributed by atoms with E-state index in [1.165, 1.54) is 12.5 Å². The summed E-state index contributed by atoms with van der Waals surface area (Å²) in [5.74, 6) is 0.609. The van der Waals surface area contributed by atoms with Crippen LogP contribution in [0.4, 0.5) is 19.2 Å². The zero-order chi connectivity index (χ0) is 40.9. The van der Waals surface area contributed by atoms with Crippen LogP contribution in [0, 0.1) is 28.1 Å². The summed E-state index contributed by atoms with van der Waals surface area (Å²) in [6, 6.07) is 0. The van der Waals surface area contributed by atoms with E-state index in [0.717, 1.165) is 51.4 Å².